The summed E-state index contributed by atoms with van der Waals surface area (Å²) >= 11 is 0. The highest BCUT2D eigenvalue weighted by Crippen LogP contribution is 2.16. The van der Waals surface area contributed by atoms with Crippen molar-refractivity contribution >= 4 is 17.5 Å². The van der Waals surface area contributed by atoms with Crippen molar-refractivity contribution in [3.8, 4) is 0 Å². The third-order valence-electron chi connectivity index (χ3n) is 3.91. The Kier molecular flexibility index (Phi) is 6.57. The predicted molar refractivity (Wildman–Crippen MR) is 101 cm³/mol. The number of nitrogens with zero attached hydrogens (tertiary/aromatic N) is 1. The second-order valence-corrected chi connectivity index (χ2v) is 6.07. The topological polar surface area (TPSA) is 61.4 Å². The van der Waals surface area contributed by atoms with Crippen LogP contribution in [0.3, 0.4) is 0 Å². The molecular formula is C20H25N3O2. The number of anilines is 1. The Hall–Kier alpha value is -2.82. The average molecular weight is 339 g/mol. The van der Waals surface area contributed by atoms with Crippen molar-refractivity contribution in [1.82, 2.24) is 10.2 Å². The van der Waals surface area contributed by atoms with Crippen LogP contribution in [0.25, 0.3) is 0 Å². The second-order valence-electron chi connectivity index (χ2n) is 6.07. The molecule has 2 rings (SSSR count). The molecule has 0 aliphatic carbocycles. The Balaban J connectivity index is 1.93. The highest BCUT2D eigenvalue weighted by Gasteiger charge is 2.13. The molecule has 0 aliphatic rings. The van der Waals surface area contributed by atoms with Crippen molar-refractivity contribution in [2.75, 3.05) is 26.0 Å². The Morgan fingerprint density at radius 3 is 2.40 bits per heavy atom. The summed E-state index contributed by atoms with van der Waals surface area (Å²) in [5, 5.41) is 6.11. The Labute approximate surface area is 149 Å². The molecule has 0 bridgehead atoms. The van der Waals surface area contributed by atoms with Crippen LogP contribution < -0.4 is 10.6 Å². The summed E-state index contributed by atoms with van der Waals surface area (Å²) in [5.74, 6) is -0.150. The van der Waals surface area contributed by atoms with E-state index < -0.39 is 0 Å². The SMILES string of the molecule is CCC(NC(=O)CNc1cccc(C(=O)N(C)C)c1)c1ccccc1. The molecule has 2 aromatic rings. The molecule has 2 aromatic carbocycles. The highest BCUT2D eigenvalue weighted by molar-refractivity contribution is 5.95. The molecule has 5 heteroatoms. The fourth-order valence-electron chi connectivity index (χ4n) is 2.55. The minimum Gasteiger partial charge on any atom is -0.376 e. The molecule has 5 nitrogen and oxygen atoms in total. The molecule has 2 amide bonds. The fourth-order valence-corrected chi connectivity index (χ4v) is 2.55. The van der Waals surface area contributed by atoms with Gasteiger partial charge in [-0.2, -0.15) is 0 Å². The number of rotatable bonds is 7. The van der Waals surface area contributed by atoms with Gasteiger partial charge in [-0.15, -0.1) is 0 Å². The van der Waals surface area contributed by atoms with E-state index in [9.17, 15) is 9.59 Å². The maximum Gasteiger partial charge on any atom is 0.253 e. The number of nitrogens with one attached hydrogen (secondary N) is 2. The smallest absolute Gasteiger partial charge is 0.253 e. The largest absolute Gasteiger partial charge is 0.376 e. The molecule has 0 aromatic heterocycles. The standard InChI is InChI=1S/C20H25N3O2/c1-4-18(15-9-6-5-7-10-15)22-19(24)14-21-17-12-8-11-16(13-17)20(25)23(2)3/h5-13,18,21H,4,14H2,1-3H3,(H,22,24). The summed E-state index contributed by atoms with van der Waals surface area (Å²) in [6.07, 6.45) is 0.822. The zero-order chi connectivity index (χ0) is 18.2. The zero-order valence-electron chi connectivity index (χ0n) is 15.0. The number of carbonyl (C=O) groups is 2. The first-order valence-corrected chi connectivity index (χ1v) is 8.41. The van der Waals surface area contributed by atoms with E-state index in [1.54, 1.807) is 32.3 Å². The highest BCUT2D eigenvalue weighted by atomic mass is 16.2. The van der Waals surface area contributed by atoms with Crippen LogP contribution in [-0.4, -0.2) is 37.4 Å². The minimum atomic E-state index is -0.0833. The van der Waals surface area contributed by atoms with Gasteiger partial charge in [0, 0.05) is 25.3 Å². The van der Waals surface area contributed by atoms with Gasteiger partial charge in [0.15, 0.2) is 0 Å². The van der Waals surface area contributed by atoms with Crippen LogP contribution >= 0.6 is 0 Å². The van der Waals surface area contributed by atoms with Crippen molar-refractivity contribution in [2.45, 2.75) is 19.4 Å². The molecule has 0 saturated heterocycles. The number of hydrogen-bond acceptors (Lipinski definition) is 3. The number of hydrogen-bond donors (Lipinski definition) is 2. The molecule has 1 atom stereocenters. The molecular weight excluding hydrogens is 314 g/mol. The molecule has 0 heterocycles. The summed E-state index contributed by atoms with van der Waals surface area (Å²) in [5.41, 5.74) is 2.43. The van der Waals surface area contributed by atoms with Gasteiger partial charge in [-0.1, -0.05) is 43.3 Å². The van der Waals surface area contributed by atoms with Crippen molar-refractivity contribution in [3.63, 3.8) is 0 Å². The Morgan fingerprint density at radius 2 is 1.76 bits per heavy atom. The fraction of sp³-hybridized carbons (Fsp3) is 0.300. The quantitative estimate of drug-likeness (QED) is 0.815. The summed E-state index contributed by atoms with van der Waals surface area (Å²) in [4.78, 5) is 25.8. The monoisotopic (exact) mass is 339 g/mol. The molecule has 0 aliphatic heterocycles. The lowest BCUT2D eigenvalue weighted by molar-refractivity contribution is -0.120. The van der Waals surface area contributed by atoms with Gasteiger partial charge >= 0.3 is 0 Å². The van der Waals surface area contributed by atoms with E-state index in [0.717, 1.165) is 17.7 Å². The van der Waals surface area contributed by atoms with Gasteiger partial charge in [0.2, 0.25) is 5.91 Å². The average Bonchev–Trinajstić information content (AvgIpc) is 2.64. The maximum atomic E-state index is 12.2. The molecule has 0 radical (unpaired) electrons. The molecule has 2 N–H and O–H groups in total. The lowest BCUT2D eigenvalue weighted by Crippen LogP contribution is -2.33. The van der Waals surface area contributed by atoms with Crippen LogP contribution in [0.15, 0.2) is 54.6 Å². The van der Waals surface area contributed by atoms with Crippen LogP contribution in [0.4, 0.5) is 5.69 Å². The number of amides is 2. The molecule has 0 fully saturated rings. The van der Waals surface area contributed by atoms with E-state index in [4.69, 9.17) is 0 Å². The molecule has 0 saturated carbocycles. The van der Waals surface area contributed by atoms with E-state index in [0.29, 0.717) is 5.56 Å². The van der Waals surface area contributed by atoms with Crippen molar-refractivity contribution in [1.29, 1.82) is 0 Å². The number of benzene rings is 2. The zero-order valence-corrected chi connectivity index (χ0v) is 15.0. The summed E-state index contributed by atoms with van der Waals surface area (Å²) in [6, 6.07) is 17.1. The third-order valence-corrected chi connectivity index (χ3v) is 3.91. The first kappa shape index (κ1) is 18.5. The van der Waals surface area contributed by atoms with E-state index in [1.165, 1.54) is 4.90 Å². The van der Waals surface area contributed by atoms with Crippen LogP contribution in [-0.2, 0) is 4.79 Å². The normalized spacial score (nSPS) is 11.5. The summed E-state index contributed by atoms with van der Waals surface area (Å²) in [7, 11) is 3.43. The Bertz CT molecular complexity index is 714. The van der Waals surface area contributed by atoms with Gasteiger partial charge in [-0.05, 0) is 30.2 Å². The van der Waals surface area contributed by atoms with Gasteiger partial charge in [0.25, 0.3) is 5.91 Å². The van der Waals surface area contributed by atoms with Gasteiger partial charge in [0.05, 0.1) is 12.6 Å². The predicted octanol–water partition coefficient (Wildman–Crippen LogP) is 3.07. The first-order chi connectivity index (χ1) is 12.0. The van der Waals surface area contributed by atoms with E-state index in [-0.39, 0.29) is 24.4 Å². The van der Waals surface area contributed by atoms with Crippen molar-refractivity contribution in [3.05, 3.63) is 65.7 Å². The molecule has 0 spiro atoms. The van der Waals surface area contributed by atoms with Gasteiger partial charge in [-0.25, -0.2) is 0 Å². The van der Waals surface area contributed by atoms with Crippen LogP contribution in [0.2, 0.25) is 0 Å². The lowest BCUT2D eigenvalue weighted by atomic mass is 10.0. The van der Waals surface area contributed by atoms with Gasteiger partial charge in [-0.3, -0.25) is 9.59 Å². The second kappa shape index (κ2) is 8.87. The summed E-state index contributed by atoms with van der Waals surface area (Å²) in [6.45, 7) is 2.20. The van der Waals surface area contributed by atoms with Gasteiger partial charge < -0.3 is 15.5 Å². The minimum absolute atomic E-state index is 0.00264. The van der Waals surface area contributed by atoms with E-state index >= 15 is 0 Å². The third kappa shape index (κ3) is 5.35. The van der Waals surface area contributed by atoms with Crippen LogP contribution in [0.1, 0.15) is 35.3 Å². The van der Waals surface area contributed by atoms with E-state index in [2.05, 4.69) is 10.6 Å². The first-order valence-electron chi connectivity index (χ1n) is 8.41. The number of carbonyl (C=O) groups excluding carboxylic acids is 2. The van der Waals surface area contributed by atoms with E-state index in [1.807, 2.05) is 43.3 Å². The van der Waals surface area contributed by atoms with Gasteiger partial charge in [0.1, 0.15) is 0 Å². The van der Waals surface area contributed by atoms with Crippen molar-refractivity contribution < 1.29 is 9.59 Å². The van der Waals surface area contributed by atoms with Crippen LogP contribution in [0.5, 0.6) is 0 Å². The molecule has 132 valence electrons. The molecule has 25 heavy (non-hydrogen) atoms. The van der Waals surface area contributed by atoms with Crippen molar-refractivity contribution in [2.24, 2.45) is 0 Å². The summed E-state index contributed by atoms with van der Waals surface area (Å²) < 4.78 is 0. The maximum absolute atomic E-state index is 12.2. The molecule has 1 unspecified atom stereocenters. The Morgan fingerprint density at radius 1 is 1.04 bits per heavy atom. The lowest BCUT2D eigenvalue weighted by Gasteiger charge is -2.18. The van der Waals surface area contributed by atoms with Crippen LogP contribution in [0, 0.1) is 0 Å².